The molecule has 0 spiro atoms. The lowest BCUT2D eigenvalue weighted by molar-refractivity contribution is 0.233. The van der Waals surface area contributed by atoms with E-state index in [0.717, 1.165) is 28.5 Å². The molecule has 3 N–H and O–H groups in total. The first-order valence-corrected chi connectivity index (χ1v) is 7.62. The summed E-state index contributed by atoms with van der Waals surface area (Å²) in [5, 5.41) is 15.3. The Labute approximate surface area is 135 Å². The van der Waals surface area contributed by atoms with Gasteiger partial charge >= 0.3 is 0 Å². The van der Waals surface area contributed by atoms with E-state index in [1.807, 2.05) is 31.3 Å². The topological polar surface area (TPSA) is 78.2 Å². The van der Waals surface area contributed by atoms with Crippen molar-refractivity contribution >= 4 is 18.1 Å². The van der Waals surface area contributed by atoms with Crippen LogP contribution in [0.25, 0.3) is 5.70 Å². The van der Waals surface area contributed by atoms with Crippen molar-refractivity contribution in [3.05, 3.63) is 47.4 Å². The fourth-order valence-electron chi connectivity index (χ4n) is 2.47. The van der Waals surface area contributed by atoms with Gasteiger partial charge < -0.3 is 20.5 Å². The Morgan fingerprint density at radius 2 is 2.09 bits per heavy atom. The summed E-state index contributed by atoms with van der Waals surface area (Å²) in [6.07, 6.45) is 6.11. The number of aliphatic hydroxyl groups excluding tert-OH is 1. The van der Waals surface area contributed by atoms with Gasteiger partial charge in [-0.15, -0.1) is 0 Å². The Bertz CT molecular complexity index is 674. The number of hydrogen-bond acceptors (Lipinski definition) is 6. The summed E-state index contributed by atoms with van der Waals surface area (Å²) in [7, 11) is 1.86. The monoisotopic (exact) mass is 312 g/mol. The summed E-state index contributed by atoms with van der Waals surface area (Å²) < 4.78 is 5.55. The third-order valence-corrected chi connectivity index (χ3v) is 3.63. The lowest BCUT2D eigenvalue weighted by Gasteiger charge is -2.26. The molecule has 6 heteroatoms. The van der Waals surface area contributed by atoms with Crippen LogP contribution in [0.5, 0.6) is 5.75 Å². The van der Waals surface area contributed by atoms with E-state index >= 15 is 0 Å². The maximum Gasteiger partial charge on any atom is 0.128 e. The van der Waals surface area contributed by atoms with Crippen LogP contribution in [0.15, 0.2) is 51.8 Å². The van der Waals surface area contributed by atoms with Gasteiger partial charge in [0.1, 0.15) is 23.3 Å². The molecule has 2 aliphatic rings. The smallest absolute Gasteiger partial charge is 0.128 e. The minimum Gasteiger partial charge on any atom is -0.494 e. The molecule has 1 aromatic carbocycles. The number of nitrogens with zero attached hydrogens (tertiary/aromatic N) is 2. The summed E-state index contributed by atoms with van der Waals surface area (Å²) in [5.74, 6) is 1.66. The number of aliphatic hydroxyl groups is 1. The molecule has 0 saturated heterocycles. The van der Waals surface area contributed by atoms with E-state index in [1.54, 1.807) is 12.4 Å². The minimum absolute atomic E-state index is 0.0702. The summed E-state index contributed by atoms with van der Waals surface area (Å²) >= 11 is 0. The van der Waals surface area contributed by atoms with Crippen LogP contribution in [0.4, 0.5) is 0 Å². The fraction of sp³-hybridized carbons (Fsp3) is 0.294. The first kappa shape index (κ1) is 15.3. The minimum atomic E-state index is -0.0702. The Kier molecular flexibility index (Phi) is 4.73. The molecule has 0 aliphatic carbocycles. The van der Waals surface area contributed by atoms with Gasteiger partial charge in [0.05, 0.1) is 6.61 Å². The molecule has 1 aromatic rings. The van der Waals surface area contributed by atoms with Crippen molar-refractivity contribution < 1.29 is 9.84 Å². The molecule has 0 radical (unpaired) electrons. The van der Waals surface area contributed by atoms with Gasteiger partial charge in [-0.3, -0.25) is 9.98 Å². The Morgan fingerprint density at radius 3 is 2.83 bits per heavy atom. The molecule has 1 unspecified atom stereocenters. The Morgan fingerprint density at radius 1 is 1.26 bits per heavy atom. The molecule has 23 heavy (non-hydrogen) atoms. The van der Waals surface area contributed by atoms with E-state index < -0.39 is 0 Å². The maximum absolute atomic E-state index is 8.77. The van der Waals surface area contributed by atoms with Gasteiger partial charge in [0, 0.05) is 38.2 Å². The number of benzene rings is 1. The molecule has 0 fully saturated rings. The van der Waals surface area contributed by atoms with Crippen LogP contribution in [0.2, 0.25) is 0 Å². The molecule has 120 valence electrons. The van der Waals surface area contributed by atoms with Gasteiger partial charge in [0.15, 0.2) is 0 Å². The van der Waals surface area contributed by atoms with Gasteiger partial charge in [-0.25, -0.2) is 0 Å². The van der Waals surface area contributed by atoms with Crippen LogP contribution in [0.1, 0.15) is 12.0 Å². The predicted octanol–water partition coefficient (Wildman–Crippen LogP) is 1.30. The third-order valence-electron chi connectivity index (χ3n) is 3.63. The predicted molar refractivity (Wildman–Crippen MR) is 91.6 cm³/mol. The second-order valence-corrected chi connectivity index (χ2v) is 5.19. The number of nitrogens with one attached hydrogen (secondary N) is 2. The second-order valence-electron chi connectivity index (χ2n) is 5.19. The van der Waals surface area contributed by atoms with Gasteiger partial charge in [0.2, 0.25) is 0 Å². The highest BCUT2D eigenvalue weighted by Gasteiger charge is 2.23. The Balaban J connectivity index is 1.76. The molecule has 1 atom stereocenters. The molecule has 0 aromatic heterocycles. The average Bonchev–Trinajstić information content (AvgIpc) is 2.61. The summed E-state index contributed by atoms with van der Waals surface area (Å²) in [4.78, 5) is 8.84. The molecule has 2 heterocycles. The van der Waals surface area contributed by atoms with Crippen molar-refractivity contribution in [2.24, 2.45) is 9.98 Å². The number of hydrogen-bond donors (Lipinski definition) is 3. The van der Waals surface area contributed by atoms with E-state index in [-0.39, 0.29) is 12.6 Å². The molecule has 0 bridgehead atoms. The van der Waals surface area contributed by atoms with Crippen molar-refractivity contribution in [2.45, 2.75) is 12.5 Å². The van der Waals surface area contributed by atoms with Crippen LogP contribution in [-0.2, 0) is 0 Å². The highest BCUT2D eigenvalue weighted by atomic mass is 16.5. The highest BCUT2D eigenvalue weighted by molar-refractivity contribution is 6.17. The van der Waals surface area contributed by atoms with Crippen molar-refractivity contribution in [3.8, 4) is 5.75 Å². The highest BCUT2D eigenvalue weighted by Crippen LogP contribution is 2.26. The summed E-state index contributed by atoms with van der Waals surface area (Å²) in [6, 6.07) is 7.78. The second kappa shape index (κ2) is 7.11. The average molecular weight is 312 g/mol. The van der Waals surface area contributed by atoms with Crippen molar-refractivity contribution in [3.63, 3.8) is 0 Å². The van der Waals surface area contributed by atoms with Crippen molar-refractivity contribution in [1.82, 2.24) is 10.6 Å². The van der Waals surface area contributed by atoms with Gasteiger partial charge in [-0.05, 0) is 35.9 Å². The van der Waals surface area contributed by atoms with Gasteiger partial charge in [-0.1, -0.05) is 0 Å². The first-order valence-electron chi connectivity index (χ1n) is 7.62. The van der Waals surface area contributed by atoms with E-state index in [9.17, 15) is 0 Å². The maximum atomic E-state index is 8.77. The number of dihydropyridines is 1. The molecule has 2 aliphatic heterocycles. The SMILES string of the molecule is CNC1=C2N=CC=NC2C=C(c2ccc(OCCCO)cc2)N1. The standard InChI is InChI=1S/C17H20N4O2/c1-18-17-16-15(19-7-8-20-16)11-14(21-17)12-3-5-13(6-4-12)23-10-2-9-22/h3-8,11,15,18,21-22H,2,9-10H2,1H3. The molecule has 0 saturated carbocycles. The number of rotatable bonds is 6. The number of fused-ring (bicyclic) bond motifs is 1. The van der Waals surface area contributed by atoms with E-state index in [1.165, 1.54) is 0 Å². The summed E-state index contributed by atoms with van der Waals surface area (Å²) in [6.45, 7) is 0.655. The third kappa shape index (κ3) is 3.43. The number of aliphatic imine (C=N–C) groups is 2. The lowest BCUT2D eigenvalue weighted by Crippen LogP contribution is -2.32. The Hall–Kier alpha value is -2.60. The number of ether oxygens (including phenoxy) is 1. The van der Waals surface area contributed by atoms with E-state index in [4.69, 9.17) is 9.84 Å². The van der Waals surface area contributed by atoms with E-state index in [2.05, 4.69) is 26.7 Å². The molecular formula is C17H20N4O2. The van der Waals surface area contributed by atoms with Gasteiger partial charge in [0.25, 0.3) is 0 Å². The van der Waals surface area contributed by atoms with Crippen molar-refractivity contribution in [1.29, 1.82) is 0 Å². The quantitative estimate of drug-likeness (QED) is 0.692. The van der Waals surface area contributed by atoms with Crippen molar-refractivity contribution in [2.75, 3.05) is 20.3 Å². The zero-order chi connectivity index (χ0) is 16.1. The summed E-state index contributed by atoms with van der Waals surface area (Å²) in [5.41, 5.74) is 2.93. The van der Waals surface area contributed by atoms with Gasteiger partial charge in [-0.2, -0.15) is 0 Å². The fourth-order valence-corrected chi connectivity index (χ4v) is 2.47. The van der Waals surface area contributed by atoms with Crippen LogP contribution < -0.4 is 15.4 Å². The van der Waals surface area contributed by atoms with E-state index in [0.29, 0.717) is 13.0 Å². The lowest BCUT2D eigenvalue weighted by atomic mass is 10.0. The van der Waals surface area contributed by atoms with Crippen LogP contribution in [0, 0.1) is 0 Å². The van der Waals surface area contributed by atoms with Crippen LogP contribution in [-0.4, -0.2) is 43.8 Å². The zero-order valence-corrected chi connectivity index (χ0v) is 13.0. The molecule has 6 nitrogen and oxygen atoms in total. The normalized spacial score (nSPS) is 19.0. The molecule has 0 amide bonds. The van der Waals surface area contributed by atoms with Crippen LogP contribution >= 0.6 is 0 Å². The largest absolute Gasteiger partial charge is 0.494 e. The van der Waals surface area contributed by atoms with Crippen LogP contribution in [0.3, 0.4) is 0 Å². The molecule has 3 rings (SSSR count). The first-order chi connectivity index (χ1) is 11.3. The zero-order valence-electron chi connectivity index (χ0n) is 13.0. The molecular weight excluding hydrogens is 292 g/mol.